The van der Waals surface area contributed by atoms with Crippen molar-refractivity contribution in [1.29, 1.82) is 0 Å². The zero-order chi connectivity index (χ0) is 16.3. The average Bonchev–Trinajstić information content (AvgIpc) is 2.38. The molecule has 0 saturated heterocycles. The molecule has 0 aliphatic carbocycles. The molecule has 1 aromatic rings. The summed E-state index contributed by atoms with van der Waals surface area (Å²) in [7, 11) is -0.261. The molecule has 0 fully saturated rings. The molecule has 0 spiro atoms. The molecule has 5 nitrogen and oxygen atoms in total. The summed E-state index contributed by atoms with van der Waals surface area (Å²) in [6.45, 7) is 5.26. The van der Waals surface area contributed by atoms with Crippen LogP contribution in [-0.4, -0.2) is 44.1 Å². The van der Waals surface area contributed by atoms with Gasteiger partial charge in [-0.1, -0.05) is 19.1 Å². The number of sulfonamides is 1. The first kappa shape index (κ1) is 18.1. The standard InChI is InChI=1S/C15H26N2O3S/c1-6-14(16-4)12-8-7-9-13(10-12)21(19,20)17(5)11-15(2,3)18/h7-10,14,16,18H,6,11H2,1-5H3. The van der Waals surface area contributed by atoms with Gasteiger partial charge in [0.05, 0.1) is 10.5 Å². The van der Waals surface area contributed by atoms with E-state index in [-0.39, 0.29) is 17.5 Å². The zero-order valence-corrected chi connectivity index (χ0v) is 14.2. The fourth-order valence-electron chi connectivity index (χ4n) is 2.31. The van der Waals surface area contributed by atoms with Crippen LogP contribution in [0.3, 0.4) is 0 Å². The lowest BCUT2D eigenvalue weighted by molar-refractivity contribution is 0.0640. The van der Waals surface area contributed by atoms with Crippen molar-refractivity contribution in [3.05, 3.63) is 29.8 Å². The van der Waals surface area contributed by atoms with E-state index in [1.807, 2.05) is 20.0 Å². The topological polar surface area (TPSA) is 69.6 Å². The van der Waals surface area contributed by atoms with Crippen LogP contribution >= 0.6 is 0 Å². The molecule has 0 saturated carbocycles. The van der Waals surface area contributed by atoms with E-state index in [4.69, 9.17) is 0 Å². The van der Waals surface area contributed by atoms with Gasteiger partial charge in [-0.15, -0.1) is 0 Å². The molecule has 0 bridgehead atoms. The average molecular weight is 314 g/mol. The van der Waals surface area contributed by atoms with Gasteiger partial charge in [0.15, 0.2) is 0 Å². The Balaban J connectivity index is 3.12. The monoisotopic (exact) mass is 314 g/mol. The lowest BCUT2D eigenvalue weighted by Crippen LogP contribution is -2.39. The lowest BCUT2D eigenvalue weighted by atomic mass is 10.1. The molecule has 0 amide bonds. The van der Waals surface area contributed by atoms with Crippen LogP contribution in [0, 0.1) is 0 Å². The summed E-state index contributed by atoms with van der Waals surface area (Å²) in [6.07, 6.45) is 0.875. The van der Waals surface area contributed by atoms with Crippen LogP contribution in [0.5, 0.6) is 0 Å². The Morgan fingerprint density at radius 3 is 2.48 bits per heavy atom. The van der Waals surface area contributed by atoms with E-state index in [2.05, 4.69) is 5.32 Å². The Morgan fingerprint density at radius 2 is 2.00 bits per heavy atom. The quantitative estimate of drug-likeness (QED) is 0.804. The minimum absolute atomic E-state index is 0.0444. The van der Waals surface area contributed by atoms with Gasteiger partial charge >= 0.3 is 0 Å². The van der Waals surface area contributed by atoms with Gasteiger partial charge in [-0.05, 0) is 45.0 Å². The first-order valence-electron chi connectivity index (χ1n) is 7.07. The zero-order valence-electron chi connectivity index (χ0n) is 13.4. The highest BCUT2D eigenvalue weighted by Crippen LogP contribution is 2.22. The van der Waals surface area contributed by atoms with Gasteiger partial charge < -0.3 is 10.4 Å². The van der Waals surface area contributed by atoms with E-state index in [1.54, 1.807) is 32.0 Å². The van der Waals surface area contributed by atoms with E-state index in [9.17, 15) is 13.5 Å². The second-order valence-electron chi connectivity index (χ2n) is 5.90. The summed E-state index contributed by atoms with van der Waals surface area (Å²) < 4.78 is 26.3. The van der Waals surface area contributed by atoms with Crippen molar-refractivity contribution < 1.29 is 13.5 Å². The van der Waals surface area contributed by atoms with Crippen LogP contribution in [0.4, 0.5) is 0 Å². The number of aliphatic hydroxyl groups is 1. The van der Waals surface area contributed by atoms with E-state index in [0.29, 0.717) is 0 Å². The number of hydrogen-bond donors (Lipinski definition) is 2. The van der Waals surface area contributed by atoms with Crippen molar-refractivity contribution in [3.63, 3.8) is 0 Å². The molecule has 1 aromatic carbocycles. The minimum Gasteiger partial charge on any atom is -0.389 e. The summed E-state index contributed by atoms with van der Waals surface area (Å²) >= 11 is 0. The summed E-state index contributed by atoms with van der Waals surface area (Å²) in [4.78, 5) is 0.250. The van der Waals surface area contributed by atoms with Gasteiger partial charge in [-0.3, -0.25) is 0 Å². The molecule has 0 radical (unpaired) electrons. The SMILES string of the molecule is CCC(NC)c1cccc(S(=O)(=O)N(C)CC(C)(C)O)c1. The predicted octanol–water partition coefficient (Wildman–Crippen LogP) is 1.75. The van der Waals surface area contributed by atoms with Crippen LogP contribution in [-0.2, 0) is 10.0 Å². The molecule has 1 unspecified atom stereocenters. The Kier molecular flexibility index (Phi) is 5.92. The summed E-state index contributed by atoms with van der Waals surface area (Å²) in [5.41, 5.74) is -0.131. The maximum absolute atomic E-state index is 12.6. The van der Waals surface area contributed by atoms with E-state index in [1.165, 1.54) is 11.4 Å². The molecule has 0 heterocycles. The van der Waals surface area contributed by atoms with Gasteiger partial charge in [-0.2, -0.15) is 4.31 Å². The molecular formula is C15H26N2O3S. The van der Waals surface area contributed by atoms with Gasteiger partial charge in [0.25, 0.3) is 0 Å². The molecule has 21 heavy (non-hydrogen) atoms. The summed E-state index contributed by atoms with van der Waals surface area (Å²) in [5.74, 6) is 0. The molecule has 6 heteroatoms. The molecule has 0 aliphatic rings. The number of benzene rings is 1. The fourth-order valence-corrected chi connectivity index (χ4v) is 3.69. The highest BCUT2D eigenvalue weighted by molar-refractivity contribution is 7.89. The van der Waals surface area contributed by atoms with E-state index < -0.39 is 15.6 Å². The predicted molar refractivity (Wildman–Crippen MR) is 84.6 cm³/mol. The second-order valence-corrected chi connectivity index (χ2v) is 7.94. The fraction of sp³-hybridized carbons (Fsp3) is 0.600. The Labute approximate surface area is 128 Å². The second kappa shape index (κ2) is 6.87. The maximum Gasteiger partial charge on any atom is 0.242 e. The van der Waals surface area contributed by atoms with Crippen molar-refractivity contribution in [2.45, 2.75) is 43.7 Å². The van der Waals surface area contributed by atoms with Crippen molar-refractivity contribution in [3.8, 4) is 0 Å². The van der Waals surface area contributed by atoms with Crippen molar-refractivity contribution in [1.82, 2.24) is 9.62 Å². The van der Waals surface area contributed by atoms with Gasteiger partial charge in [-0.25, -0.2) is 8.42 Å². The lowest BCUT2D eigenvalue weighted by Gasteiger charge is -2.25. The summed E-state index contributed by atoms with van der Waals surface area (Å²) in [6, 6.07) is 7.07. The molecule has 2 N–H and O–H groups in total. The highest BCUT2D eigenvalue weighted by atomic mass is 32.2. The molecular weight excluding hydrogens is 288 g/mol. The molecule has 0 aromatic heterocycles. The van der Waals surface area contributed by atoms with Gasteiger partial charge in [0.1, 0.15) is 0 Å². The Hall–Kier alpha value is -0.950. The first-order chi connectivity index (χ1) is 9.61. The first-order valence-corrected chi connectivity index (χ1v) is 8.51. The van der Waals surface area contributed by atoms with Gasteiger partial charge in [0, 0.05) is 19.6 Å². The van der Waals surface area contributed by atoms with E-state index >= 15 is 0 Å². The normalized spacial score (nSPS) is 14.4. The Morgan fingerprint density at radius 1 is 1.38 bits per heavy atom. The maximum atomic E-state index is 12.6. The van der Waals surface area contributed by atoms with Gasteiger partial charge in [0.2, 0.25) is 10.0 Å². The van der Waals surface area contributed by atoms with E-state index in [0.717, 1.165) is 12.0 Å². The third-order valence-electron chi connectivity index (χ3n) is 3.33. The van der Waals surface area contributed by atoms with Crippen LogP contribution < -0.4 is 5.32 Å². The third kappa shape index (κ3) is 4.78. The molecule has 0 aliphatic heterocycles. The number of nitrogens with zero attached hydrogens (tertiary/aromatic N) is 1. The number of rotatable bonds is 7. The molecule has 1 rings (SSSR count). The number of hydrogen-bond acceptors (Lipinski definition) is 4. The number of likely N-dealkylation sites (N-methyl/N-ethyl adjacent to an activating group) is 1. The minimum atomic E-state index is -3.60. The van der Waals surface area contributed by atoms with Crippen LogP contribution in [0.15, 0.2) is 29.2 Å². The van der Waals surface area contributed by atoms with Crippen LogP contribution in [0.2, 0.25) is 0 Å². The van der Waals surface area contributed by atoms with Crippen LogP contribution in [0.1, 0.15) is 38.8 Å². The van der Waals surface area contributed by atoms with Crippen molar-refractivity contribution in [2.75, 3.05) is 20.6 Å². The molecule has 120 valence electrons. The Bertz CT molecular complexity index is 561. The number of nitrogens with one attached hydrogen (secondary N) is 1. The third-order valence-corrected chi connectivity index (χ3v) is 5.13. The highest BCUT2D eigenvalue weighted by Gasteiger charge is 2.26. The molecule has 1 atom stereocenters. The summed E-state index contributed by atoms with van der Waals surface area (Å²) in [5, 5.41) is 13.0. The van der Waals surface area contributed by atoms with Crippen molar-refractivity contribution >= 4 is 10.0 Å². The smallest absolute Gasteiger partial charge is 0.242 e. The van der Waals surface area contributed by atoms with Crippen LogP contribution in [0.25, 0.3) is 0 Å². The van der Waals surface area contributed by atoms with Crippen molar-refractivity contribution in [2.24, 2.45) is 0 Å². The largest absolute Gasteiger partial charge is 0.389 e.